The molecule has 0 bridgehead atoms. The minimum Gasteiger partial charge on any atom is -0.322 e. The number of nitrogens with one attached hydrogen (secondary N) is 2. The summed E-state index contributed by atoms with van der Waals surface area (Å²) in [6, 6.07) is 5.49. The van der Waals surface area contributed by atoms with Crippen LogP contribution in [0.1, 0.15) is 60.5 Å². The number of likely N-dealkylation sites (N-methyl/N-ethyl adjacent to an activating group) is 1. The van der Waals surface area contributed by atoms with Crippen LogP contribution in [0, 0.1) is 0 Å². The molecule has 7 heteroatoms. The minimum absolute atomic E-state index is 0.111. The molecule has 2 fully saturated rings. The molecule has 2 unspecified atom stereocenters. The van der Waals surface area contributed by atoms with Crippen LogP contribution in [0.15, 0.2) is 18.2 Å². The summed E-state index contributed by atoms with van der Waals surface area (Å²) in [7, 11) is 2.12. The molecule has 3 amide bonds. The van der Waals surface area contributed by atoms with Crippen molar-refractivity contribution < 1.29 is 14.4 Å². The van der Waals surface area contributed by atoms with E-state index in [1.54, 1.807) is 4.90 Å². The molecule has 0 aromatic heterocycles. The lowest BCUT2D eigenvalue weighted by Crippen LogP contribution is -2.52. The fourth-order valence-corrected chi connectivity index (χ4v) is 4.92. The molecule has 1 aromatic carbocycles. The van der Waals surface area contributed by atoms with Gasteiger partial charge in [0, 0.05) is 37.2 Å². The monoisotopic (exact) mass is 398 g/mol. The maximum Gasteiger partial charge on any atom is 0.255 e. The molecular formula is C22H30N4O3. The van der Waals surface area contributed by atoms with Crippen molar-refractivity contribution in [1.82, 2.24) is 20.4 Å². The quantitative estimate of drug-likeness (QED) is 0.733. The van der Waals surface area contributed by atoms with Crippen LogP contribution in [0.25, 0.3) is 0 Å². The third kappa shape index (κ3) is 4.21. The third-order valence-corrected chi connectivity index (χ3v) is 6.37. The average Bonchev–Trinajstić information content (AvgIpc) is 2.98. The Morgan fingerprint density at radius 3 is 2.79 bits per heavy atom. The number of benzene rings is 1. The highest BCUT2D eigenvalue weighted by molar-refractivity contribution is 6.05. The van der Waals surface area contributed by atoms with Gasteiger partial charge in [-0.05, 0) is 57.0 Å². The van der Waals surface area contributed by atoms with E-state index in [2.05, 4.69) is 35.6 Å². The second-order valence-corrected chi connectivity index (χ2v) is 9.01. The van der Waals surface area contributed by atoms with Crippen LogP contribution in [0.2, 0.25) is 0 Å². The van der Waals surface area contributed by atoms with E-state index in [0.29, 0.717) is 18.5 Å². The highest BCUT2D eigenvalue weighted by atomic mass is 16.2. The molecule has 3 aliphatic rings. The first-order valence-corrected chi connectivity index (χ1v) is 10.5. The van der Waals surface area contributed by atoms with Crippen molar-refractivity contribution in [1.29, 1.82) is 0 Å². The van der Waals surface area contributed by atoms with E-state index in [1.165, 1.54) is 19.3 Å². The predicted octanol–water partition coefficient (Wildman–Crippen LogP) is 1.41. The summed E-state index contributed by atoms with van der Waals surface area (Å²) in [6.07, 6.45) is 4.36. The van der Waals surface area contributed by atoms with Crippen molar-refractivity contribution in [2.24, 2.45) is 0 Å². The number of imide groups is 1. The van der Waals surface area contributed by atoms with Gasteiger partial charge < -0.3 is 15.1 Å². The fourth-order valence-electron chi connectivity index (χ4n) is 4.92. The zero-order valence-corrected chi connectivity index (χ0v) is 17.3. The molecule has 0 spiro atoms. The highest BCUT2D eigenvalue weighted by Gasteiger charge is 2.39. The summed E-state index contributed by atoms with van der Waals surface area (Å²) >= 11 is 0. The molecule has 0 radical (unpaired) electrons. The van der Waals surface area contributed by atoms with Gasteiger partial charge in [-0.1, -0.05) is 18.6 Å². The Morgan fingerprint density at radius 2 is 2.07 bits per heavy atom. The summed E-state index contributed by atoms with van der Waals surface area (Å²) in [5.74, 6) is -0.739. The van der Waals surface area contributed by atoms with Gasteiger partial charge in [-0.25, -0.2) is 0 Å². The first-order chi connectivity index (χ1) is 13.8. The Balaban J connectivity index is 1.42. The molecule has 3 aliphatic heterocycles. The van der Waals surface area contributed by atoms with E-state index >= 15 is 0 Å². The van der Waals surface area contributed by atoms with E-state index in [4.69, 9.17) is 0 Å². The summed E-state index contributed by atoms with van der Waals surface area (Å²) in [5.41, 5.74) is 2.88. The number of amides is 3. The Kier molecular flexibility index (Phi) is 5.44. The van der Waals surface area contributed by atoms with Gasteiger partial charge in [0.1, 0.15) is 6.04 Å². The van der Waals surface area contributed by atoms with Crippen LogP contribution in [0.3, 0.4) is 0 Å². The van der Waals surface area contributed by atoms with Gasteiger partial charge >= 0.3 is 0 Å². The highest BCUT2D eigenvalue weighted by Crippen LogP contribution is 2.29. The summed E-state index contributed by atoms with van der Waals surface area (Å²) in [5, 5.41) is 5.99. The summed E-state index contributed by atoms with van der Waals surface area (Å²) < 4.78 is 0. The maximum atomic E-state index is 13.0. The summed E-state index contributed by atoms with van der Waals surface area (Å²) in [4.78, 5) is 40.5. The molecule has 2 atom stereocenters. The van der Waals surface area contributed by atoms with Crippen LogP contribution in [0.5, 0.6) is 0 Å². The number of hydrogen-bond acceptors (Lipinski definition) is 5. The van der Waals surface area contributed by atoms with Gasteiger partial charge in [0.25, 0.3) is 5.91 Å². The molecule has 3 heterocycles. The van der Waals surface area contributed by atoms with Crippen LogP contribution in [-0.2, 0) is 22.7 Å². The van der Waals surface area contributed by atoms with Crippen LogP contribution >= 0.6 is 0 Å². The van der Waals surface area contributed by atoms with Crippen molar-refractivity contribution in [3.63, 3.8) is 0 Å². The Morgan fingerprint density at radius 1 is 1.24 bits per heavy atom. The lowest BCUT2D eigenvalue weighted by Gasteiger charge is -2.38. The lowest BCUT2D eigenvalue weighted by molar-refractivity contribution is -0.136. The molecule has 1 aromatic rings. The number of hydrogen-bond donors (Lipinski definition) is 2. The zero-order valence-electron chi connectivity index (χ0n) is 17.3. The second kappa shape index (κ2) is 7.88. The molecule has 29 heavy (non-hydrogen) atoms. The molecule has 2 N–H and O–H groups in total. The van der Waals surface area contributed by atoms with E-state index < -0.39 is 6.04 Å². The first kappa shape index (κ1) is 20.0. The molecule has 0 saturated carbocycles. The molecule has 7 nitrogen and oxygen atoms in total. The largest absolute Gasteiger partial charge is 0.322 e. The van der Waals surface area contributed by atoms with E-state index in [1.807, 2.05) is 12.1 Å². The van der Waals surface area contributed by atoms with E-state index in [-0.39, 0.29) is 29.7 Å². The molecular weight excluding hydrogens is 368 g/mol. The fraction of sp³-hybridized carbons (Fsp3) is 0.591. The standard InChI is InChI=1S/C22H30N4O3/c1-22(9-3-4-10-23-22)14-25(2)12-15-5-6-16-13-26(21(29)17(16)11-15)18-7-8-19(27)24-20(18)28/h5-6,11,18,23H,3-4,7-10,12-14H2,1-2H3,(H,24,27,28). The Labute approximate surface area is 171 Å². The van der Waals surface area contributed by atoms with Gasteiger partial charge in [-0.15, -0.1) is 0 Å². The number of nitrogens with zero attached hydrogens (tertiary/aromatic N) is 2. The predicted molar refractivity (Wildman–Crippen MR) is 109 cm³/mol. The van der Waals surface area contributed by atoms with Gasteiger partial charge in [0.2, 0.25) is 11.8 Å². The number of carbonyl (C=O) groups is 3. The van der Waals surface area contributed by atoms with E-state index in [9.17, 15) is 14.4 Å². The normalized spacial score (nSPS) is 27.3. The number of fused-ring (bicyclic) bond motifs is 1. The first-order valence-electron chi connectivity index (χ1n) is 10.5. The maximum absolute atomic E-state index is 13.0. The molecule has 156 valence electrons. The van der Waals surface area contributed by atoms with Gasteiger partial charge in [-0.3, -0.25) is 19.7 Å². The van der Waals surface area contributed by atoms with Gasteiger partial charge in [0.15, 0.2) is 0 Å². The van der Waals surface area contributed by atoms with Crippen LogP contribution in [0.4, 0.5) is 0 Å². The van der Waals surface area contributed by atoms with E-state index in [0.717, 1.165) is 30.8 Å². The van der Waals surface area contributed by atoms with Crippen LogP contribution in [-0.4, -0.2) is 59.2 Å². The zero-order chi connectivity index (χ0) is 20.6. The third-order valence-electron chi connectivity index (χ3n) is 6.37. The number of carbonyl (C=O) groups excluding carboxylic acids is 3. The molecule has 4 rings (SSSR count). The van der Waals surface area contributed by atoms with Crippen molar-refractivity contribution in [2.75, 3.05) is 20.1 Å². The topological polar surface area (TPSA) is 81.8 Å². The number of piperidine rings is 2. The average molecular weight is 399 g/mol. The van der Waals surface area contributed by atoms with Gasteiger partial charge in [0.05, 0.1) is 0 Å². The summed E-state index contributed by atoms with van der Waals surface area (Å²) in [6.45, 7) is 5.52. The Bertz CT molecular complexity index is 831. The SMILES string of the molecule is CN(Cc1ccc2c(c1)C(=O)N(C1CCC(=O)NC1=O)C2)CC1(C)CCCCN1. The lowest BCUT2D eigenvalue weighted by atomic mass is 9.90. The van der Waals surface area contributed by atoms with Crippen molar-refractivity contribution in [3.05, 3.63) is 34.9 Å². The van der Waals surface area contributed by atoms with Crippen molar-refractivity contribution in [3.8, 4) is 0 Å². The molecule has 0 aliphatic carbocycles. The second-order valence-electron chi connectivity index (χ2n) is 9.01. The van der Waals surface area contributed by atoms with Crippen LogP contribution < -0.4 is 10.6 Å². The van der Waals surface area contributed by atoms with Gasteiger partial charge in [-0.2, -0.15) is 0 Å². The smallest absolute Gasteiger partial charge is 0.255 e. The Hall–Kier alpha value is -2.25. The molecule has 2 saturated heterocycles. The number of rotatable bonds is 5. The van der Waals surface area contributed by atoms with Crippen molar-refractivity contribution in [2.45, 2.75) is 63.7 Å². The van der Waals surface area contributed by atoms with Crippen molar-refractivity contribution >= 4 is 17.7 Å². The minimum atomic E-state index is -0.559.